The molecule has 0 saturated carbocycles. The van der Waals surface area contributed by atoms with Crippen LogP contribution in [0.4, 0.5) is 11.4 Å². The second kappa shape index (κ2) is 11.9. The summed E-state index contributed by atoms with van der Waals surface area (Å²) in [4.78, 5) is 25.1. The van der Waals surface area contributed by atoms with Gasteiger partial charge in [-0.2, -0.15) is 10.2 Å². The van der Waals surface area contributed by atoms with Gasteiger partial charge in [0.1, 0.15) is 17.2 Å². The zero-order valence-corrected chi connectivity index (χ0v) is 19.4. The van der Waals surface area contributed by atoms with Crippen molar-refractivity contribution >= 4 is 34.7 Å². The third kappa shape index (κ3) is 6.10. The summed E-state index contributed by atoms with van der Waals surface area (Å²) in [6.45, 7) is 5.51. The molecule has 1 atom stereocenters. The number of anilines is 1. The summed E-state index contributed by atoms with van der Waals surface area (Å²) in [5, 5.41) is 11.0. The molecule has 0 bridgehead atoms. The van der Waals surface area contributed by atoms with Crippen molar-refractivity contribution in [2.75, 3.05) is 32.8 Å². The van der Waals surface area contributed by atoms with Crippen LogP contribution >= 0.6 is 11.6 Å². The molecule has 1 N–H and O–H groups in total. The fourth-order valence-electron chi connectivity index (χ4n) is 2.72. The molecule has 2 rings (SSSR count). The number of benzene rings is 2. The van der Waals surface area contributed by atoms with Crippen LogP contribution in [0.25, 0.3) is 0 Å². The standard InChI is InChI=1S/C22H26ClN3O6/c1-6-31-20-15(23)9-10-16(21(20)32-7-2)24-22(28)19(13(3)27)26-25-17-12-14(29-4)8-11-18(17)30-5/h8-12,19H,6-7H2,1-5H3,(H,24,28). The van der Waals surface area contributed by atoms with Gasteiger partial charge in [0.2, 0.25) is 6.04 Å². The molecule has 2 aromatic carbocycles. The SMILES string of the molecule is CCOc1c(Cl)ccc(NC(=O)C(N=Nc2cc(OC)ccc2OC)C(C)=O)c1OCC. The zero-order chi connectivity index (χ0) is 23.7. The minimum absolute atomic E-state index is 0.268. The predicted octanol–water partition coefficient (Wildman–Crippen LogP) is 4.83. The number of halogens is 1. The summed E-state index contributed by atoms with van der Waals surface area (Å²) in [5.74, 6) is 0.322. The maximum atomic E-state index is 12.9. The van der Waals surface area contributed by atoms with Crippen LogP contribution in [0.1, 0.15) is 20.8 Å². The van der Waals surface area contributed by atoms with Crippen molar-refractivity contribution < 1.29 is 28.5 Å². The monoisotopic (exact) mass is 463 g/mol. The van der Waals surface area contributed by atoms with E-state index >= 15 is 0 Å². The molecule has 0 aromatic heterocycles. The number of hydrogen-bond donors (Lipinski definition) is 1. The Morgan fingerprint density at radius 3 is 2.31 bits per heavy atom. The molecule has 32 heavy (non-hydrogen) atoms. The lowest BCUT2D eigenvalue weighted by atomic mass is 10.2. The molecular formula is C22H26ClN3O6. The molecular weight excluding hydrogens is 438 g/mol. The molecule has 0 aliphatic heterocycles. The number of nitrogens with zero attached hydrogens (tertiary/aromatic N) is 2. The Hall–Kier alpha value is -3.33. The van der Waals surface area contributed by atoms with Gasteiger partial charge in [-0.1, -0.05) is 11.6 Å². The number of ether oxygens (including phenoxy) is 4. The lowest BCUT2D eigenvalue weighted by Crippen LogP contribution is -2.32. The number of nitrogens with one attached hydrogen (secondary N) is 1. The van der Waals surface area contributed by atoms with Gasteiger partial charge in [0.15, 0.2) is 17.3 Å². The van der Waals surface area contributed by atoms with E-state index in [4.69, 9.17) is 30.5 Å². The second-order valence-corrected chi connectivity index (χ2v) is 6.78. The van der Waals surface area contributed by atoms with Crippen LogP contribution in [0.15, 0.2) is 40.6 Å². The van der Waals surface area contributed by atoms with Gasteiger partial charge < -0.3 is 24.3 Å². The Labute approximate surface area is 191 Å². The number of carbonyl (C=O) groups is 2. The number of Topliss-reactive ketones (excluding diaryl/α,β-unsaturated/α-hetero) is 1. The van der Waals surface area contributed by atoms with Crippen LogP contribution in [-0.4, -0.2) is 45.2 Å². The van der Waals surface area contributed by atoms with Crippen molar-refractivity contribution in [1.82, 2.24) is 0 Å². The first-order chi connectivity index (χ1) is 15.4. The predicted molar refractivity (Wildman–Crippen MR) is 121 cm³/mol. The van der Waals surface area contributed by atoms with E-state index in [2.05, 4.69) is 15.5 Å². The van der Waals surface area contributed by atoms with Crippen molar-refractivity contribution in [2.24, 2.45) is 10.2 Å². The van der Waals surface area contributed by atoms with Crippen LogP contribution in [0, 0.1) is 0 Å². The Morgan fingerprint density at radius 1 is 1.03 bits per heavy atom. The van der Waals surface area contributed by atoms with Crippen molar-refractivity contribution in [3.05, 3.63) is 35.4 Å². The molecule has 0 heterocycles. The minimum atomic E-state index is -1.40. The smallest absolute Gasteiger partial charge is 0.258 e. The van der Waals surface area contributed by atoms with E-state index in [0.29, 0.717) is 46.9 Å². The first-order valence-electron chi connectivity index (χ1n) is 9.88. The second-order valence-electron chi connectivity index (χ2n) is 6.37. The topological polar surface area (TPSA) is 108 Å². The van der Waals surface area contributed by atoms with Crippen molar-refractivity contribution in [3.63, 3.8) is 0 Å². The molecule has 1 amide bonds. The first kappa shape index (κ1) is 24.9. The number of methoxy groups -OCH3 is 2. The molecule has 0 aliphatic rings. The van der Waals surface area contributed by atoms with E-state index < -0.39 is 17.7 Å². The summed E-state index contributed by atoms with van der Waals surface area (Å²) in [6.07, 6.45) is 0. The van der Waals surface area contributed by atoms with Gasteiger partial charge in [-0.3, -0.25) is 9.59 Å². The molecule has 2 aromatic rings. The Balaban J connectivity index is 2.35. The molecule has 0 fully saturated rings. The van der Waals surface area contributed by atoms with Crippen LogP contribution in [-0.2, 0) is 9.59 Å². The number of azo groups is 1. The van der Waals surface area contributed by atoms with Gasteiger partial charge in [0, 0.05) is 6.07 Å². The molecule has 1 unspecified atom stereocenters. The summed E-state index contributed by atoms with van der Waals surface area (Å²) in [6, 6.07) is 6.65. The summed E-state index contributed by atoms with van der Waals surface area (Å²) in [5.41, 5.74) is 0.608. The number of hydrogen-bond acceptors (Lipinski definition) is 8. The third-order valence-corrected chi connectivity index (χ3v) is 4.50. The Kier molecular flexibility index (Phi) is 9.27. The summed E-state index contributed by atoms with van der Waals surface area (Å²) < 4.78 is 21.6. The average Bonchev–Trinajstić information content (AvgIpc) is 2.77. The summed E-state index contributed by atoms with van der Waals surface area (Å²) >= 11 is 6.21. The van der Waals surface area contributed by atoms with Crippen LogP contribution in [0.2, 0.25) is 5.02 Å². The van der Waals surface area contributed by atoms with Gasteiger partial charge in [0.05, 0.1) is 38.1 Å². The van der Waals surface area contributed by atoms with E-state index in [1.165, 1.54) is 21.1 Å². The van der Waals surface area contributed by atoms with Crippen molar-refractivity contribution in [2.45, 2.75) is 26.8 Å². The number of amides is 1. The Morgan fingerprint density at radius 2 is 1.72 bits per heavy atom. The normalized spacial score (nSPS) is 11.7. The third-order valence-electron chi connectivity index (χ3n) is 4.20. The molecule has 9 nitrogen and oxygen atoms in total. The fraction of sp³-hybridized carbons (Fsp3) is 0.364. The van der Waals surface area contributed by atoms with Crippen LogP contribution < -0.4 is 24.3 Å². The lowest BCUT2D eigenvalue weighted by Gasteiger charge is -2.17. The highest BCUT2D eigenvalue weighted by molar-refractivity contribution is 6.32. The first-order valence-corrected chi connectivity index (χ1v) is 10.3. The highest BCUT2D eigenvalue weighted by atomic mass is 35.5. The maximum Gasteiger partial charge on any atom is 0.258 e. The summed E-state index contributed by atoms with van der Waals surface area (Å²) in [7, 11) is 2.98. The van der Waals surface area contributed by atoms with Gasteiger partial charge in [0.25, 0.3) is 5.91 Å². The van der Waals surface area contributed by atoms with Crippen LogP contribution in [0.5, 0.6) is 23.0 Å². The van der Waals surface area contributed by atoms with E-state index in [1.54, 1.807) is 44.2 Å². The van der Waals surface area contributed by atoms with Gasteiger partial charge in [-0.15, -0.1) is 0 Å². The average molecular weight is 464 g/mol. The fourth-order valence-corrected chi connectivity index (χ4v) is 2.92. The quantitative estimate of drug-likeness (QED) is 0.377. The molecule has 0 spiro atoms. The van der Waals surface area contributed by atoms with Crippen molar-refractivity contribution in [3.8, 4) is 23.0 Å². The highest BCUT2D eigenvalue weighted by Crippen LogP contribution is 2.41. The number of ketones is 1. The maximum absolute atomic E-state index is 12.9. The van der Waals surface area contributed by atoms with Crippen molar-refractivity contribution in [1.29, 1.82) is 0 Å². The molecule has 0 radical (unpaired) electrons. The number of carbonyl (C=O) groups excluding carboxylic acids is 2. The van der Waals surface area contributed by atoms with E-state index in [9.17, 15) is 9.59 Å². The highest BCUT2D eigenvalue weighted by Gasteiger charge is 2.26. The minimum Gasteiger partial charge on any atom is -0.497 e. The largest absolute Gasteiger partial charge is 0.497 e. The van der Waals surface area contributed by atoms with Gasteiger partial charge in [-0.05, 0) is 45.0 Å². The molecule has 0 aliphatic carbocycles. The van der Waals surface area contributed by atoms with Gasteiger partial charge in [-0.25, -0.2) is 0 Å². The van der Waals surface area contributed by atoms with E-state index in [0.717, 1.165) is 0 Å². The number of rotatable bonds is 11. The van der Waals surface area contributed by atoms with E-state index in [1.807, 2.05) is 0 Å². The molecule has 172 valence electrons. The lowest BCUT2D eigenvalue weighted by molar-refractivity contribution is -0.126. The van der Waals surface area contributed by atoms with Crippen LogP contribution in [0.3, 0.4) is 0 Å². The van der Waals surface area contributed by atoms with E-state index in [-0.39, 0.29) is 5.75 Å². The molecule has 10 heteroatoms. The molecule has 0 saturated heterocycles. The zero-order valence-electron chi connectivity index (χ0n) is 18.6. The van der Waals surface area contributed by atoms with Gasteiger partial charge >= 0.3 is 0 Å². The Bertz CT molecular complexity index is 996.